The van der Waals surface area contributed by atoms with Crippen LogP contribution in [0.25, 0.3) is 0 Å². The van der Waals surface area contributed by atoms with Gasteiger partial charge in [0.2, 0.25) is 0 Å². The molecule has 4 rings (SSSR count). The molecule has 2 aromatic heterocycles. The van der Waals surface area contributed by atoms with Crippen molar-refractivity contribution in [3.63, 3.8) is 0 Å². The van der Waals surface area contributed by atoms with Gasteiger partial charge in [-0.1, -0.05) is 0 Å². The van der Waals surface area contributed by atoms with E-state index in [2.05, 4.69) is 14.9 Å². The number of alkyl halides is 3. The Morgan fingerprint density at radius 2 is 1.69 bits per heavy atom. The Morgan fingerprint density at radius 1 is 1.00 bits per heavy atom. The van der Waals surface area contributed by atoms with Crippen LogP contribution in [0.15, 0.2) is 36.7 Å². The molecule has 2 aromatic rings. The Bertz CT molecular complexity index is 829. The minimum atomic E-state index is -4.40. The molecule has 0 N–H and O–H groups in total. The number of nitriles is 1. The Kier molecular flexibility index (Phi) is 3.94. The fraction of sp³-hybridized carbons (Fsp3) is 0.389. The summed E-state index contributed by atoms with van der Waals surface area (Å²) in [7, 11) is 0. The fourth-order valence-electron chi connectivity index (χ4n) is 3.89. The minimum absolute atomic E-state index is 0.0287. The zero-order valence-corrected chi connectivity index (χ0v) is 13.8. The zero-order valence-electron chi connectivity index (χ0n) is 13.8. The van der Waals surface area contributed by atoms with E-state index < -0.39 is 11.7 Å². The van der Waals surface area contributed by atoms with Gasteiger partial charge in [-0.2, -0.15) is 18.4 Å². The number of pyridine rings is 2. The summed E-state index contributed by atoms with van der Waals surface area (Å²) in [6, 6.07) is 7.95. The monoisotopic (exact) mass is 359 g/mol. The lowest BCUT2D eigenvalue weighted by Crippen LogP contribution is -2.30. The third kappa shape index (κ3) is 2.94. The number of hydrogen-bond donors (Lipinski definition) is 0. The number of halogens is 3. The Labute approximate surface area is 148 Å². The molecule has 0 spiro atoms. The van der Waals surface area contributed by atoms with E-state index in [0.717, 1.165) is 24.8 Å². The van der Waals surface area contributed by atoms with E-state index >= 15 is 0 Å². The maximum atomic E-state index is 13.2. The summed E-state index contributed by atoms with van der Waals surface area (Å²) >= 11 is 0. The first-order chi connectivity index (χ1) is 12.5. The van der Waals surface area contributed by atoms with E-state index in [0.29, 0.717) is 18.8 Å². The van der Waals surface area contributed by atoms with E-state index in [9.17, 15) is 13.2 Å². The molecule has 0 aromatic carbocycles. The van der Waals surface area contributed by atoms with E-state index in [-0.39, 0.29) is 17.7 Å². The highest BCUT2D eigenvalue weighted by Gasteiger charge is 2.43. The second-order valence-electron chi connectivity index (χ2n) is 6.72. The highest BCUT2D eigenvalue weighted by Crippen LogP contribution is 2.40. The first-order valence-electron chi connectivity index (χ1n) is 8.34. The maximum Gasteiger partial charge on any atom is 0.419 e. The third-order valence-electron chi connectivity index (χ3n) is 5.11. The van der Waals surface area contributed by atoms with Crippen molar-refractivity contribution in [2.45, 2.75) is 6.18 Å². The SMILES string of the molecule is N#Cc1ccc(N2CC3CN(c4ncccc4C(F)(F)F)CC3C2)cn1. The molecule has 4 heterocycles. The van der Waals surface area contributed by atoms with Gasteiger partial charge in [-0.3, -0.25) is 0 Å². The van der Waals surface area contributed by atoms with Crippen LogP contribution in [0.5, 0.6) is 0 Å². The molecule has 26 heavy (non-hydrogen) atoms. The number of nitrogens with zero attached hydrogens (tertiary/aromatic N) is 5. The van der Waals surface area contributed by atoms with Gasteiger partial charge in [0.05, 0.1) is 17.4 Å². The molecule has 2 saturated heterocycles. The Morgan fingerprint density at radius 3 is 2.27 bits per heavy atom. The molecule has 0 aliphatic carbocycles. The lowest BCUT2D eigenvalue weighted by atomic mass is 10.0. The van der Waals surface area contributed by atoms with Crippen LogP contribution in [-0.4, -0.2) is 36.1 Å². The lowest BCUT2D eigenvalue weighted by molar-refractivity contribution is -0.137. The van der Waals surface area contributed by atoms with Crippen LogP contribution >= 0.6 is 0 Å². The average molecular weight is 359 g/mol. The van der Waals surface area contributed by atoms with Crippen molar-refractivity contribution >= 4 is 11.5 Å². The van der Waals surface area contributed by atoms with Gasteiger partial charge in [0.25, 0.3) is 0 Å². The van der Waals surface area contributed by atoms with Crippen LogP contribution in [0, 0.1) is 23.2 Å². The molecule has 134 valence electrons. The number of rotatable bonds is 2. The molecule has 2 fully saturated rings. The van der Waals surface area contributed by atoms with E-state index in [4.69, 9.17) is 5.26 Å². The normalized spacial score (nSPS) is 22.4. The van der Waals surface area contributed by atoms with Crippen molar-refractivity contribution in [2.24, 2.45) is 11.8 Å². The van der Waals surface area contributed by atoms with Crippen LogP contribution in [0.1, 0.15) is 11.3 Å². The number of fused-ring (bicyclic) bond motifs is 1. The van der Waals surface area contributed by atoms with Crippen molar-refractivity contribution in [3.05, 3.63) is 47.9 Å². The van der Waals surface area contributed by atoms with E-state index in [1.807, 2.05) is 12.1 Å². The minimum Gasteiger partial charge on any atom is -0.370 e. The smallest absolute Gasteiger partial charge is 0.370 e. The number of hydrogen-bond acceptors (Lipinski definition) is 5. The molecule has 2 aliphatic rings. The van der Waals surface area contributed by atoms with E-state index in [1.54, 1.807) is 17.2 Å². The quantitative estimate of drug-likeness (QED) is 0.825. The largest absolute Gasteiger partial charge is 0.419 e. The van der Waals surface area contributed by atoms with Crippen LogP contribution in [0.2, 0.25) is 0 Å². The maximum absolute atomic E-state index is 13.2. The second-order valence-corrected chi connectivity index (χ2v) is 6.72. The van der Waals surface area contributed by atoms with Gasteiger partial charge in [0.1, 0.15) is 17.6 Å². The van der Waals surface area contributed by atoms with Gasteiger partial charge in [0, 0.05) is 44.2 Å². The first kappa shape index (κ1) is 16.6. The molecule has 2 unspecified atom stereocenters. The van der Waals surface area contributed by atoms with Gasteiger partial charge >= 0.3 is 6.18 Å². The summed E-state index contributed by atoms with van der Waals surface area (Å²) in [5.74, 6) is 0.600. The van der Waals surface area contributed by atoms with Crippen molar-refractivity contribution in [3.8, 4) is 6.07 Å². The topological polar surface area (TPSA) is 56.1 Å². The summed E-state index contributed by atoms with van der Waals surface area (Å²) in [6.45, 7) is 2.65. The van der Waals surface area contributed by atoms with Gasteiger partial charge in [0.15, 0.2) is 0 Å². The number of anilines is 2. The molecule has 2 aliphatic heterocycles. The molecule has 2 atom stereocenters. The fourth-order valence-corrected chi connectivity index (χ4v) is 3.89. The molecule has 0 bridgehead atoms. The average Bonchev–Trinajstić information content (AvgIpc) is 3.20. The van der Waals surface area contributed by atoms with Crippen LogP contribution in [0.3, 0.4) is 0 Å². The summed E-state index contributed by atoms with van der Waals surface area (Å²) in [6.07, 6.45) is -1.31. The van der Waals surface area contributed by atoms with Gasteiger partial charge in [-0.15, -0.1) is 0 Å². The second kappa shape index (κ2) is 6.16. The van der Waals surface area contributed by atoms with E-state index in [1.165, 1.54) is 12.3 Å². The van der Waals surface area contributed by atoms with Crippen molar-refractivity contribution in [2.75, 3.05) is 36.0 Å². The molecule has 5 nitrogen and oxygen atoms in total. The lowest BCUT2D eigenvalue weighted by Gasteiger charge is -2.25. The van der Waals surface area contributed by atoms with Crippen molar-refractivity contribution < 1.29 is 13.2 Å². The van der Waals surface area contributed by atoms with Crippen molar-refractivity contribution in [1.82, 2.24) is 9.97 Å². The van der Waals surface area contributed by atoms with Gasteiger partial charge < -0.3 is 9.80 Å². The standard InChI is InChI=1S/C18H16F3N5/c19-18(20,21)16-2-1-5-23-17(16)26-10-12-8-25(9-13(12)11-26)15-4-3-14(6-22)24-7-15/h1-5,7,12-13H,8-11H2. The Hall–Kier alpha value is -2.82. The zero-order chi connectivity index (χ0) is 18.3. The molecular weight excluding hydrogens is 343 g/mol. The van der Waals surface area contributed by atoms with Gasteiger partial charge in [-0.05, 0) is 24.3 Å². The highest BCUT2D eigenvalue weighted by molar-refractivity contribution is 5.52. The molecule has 0 radical (unpaired) electrons. The summed E-state index contributed by atoms with van der Waals surface area (Å²) in [4.78, 5) is 12.0. The molecule has 0 amide bonds. The summed E-state index contributed by atoms with van der Waals surface area (Å²) < 4.78 is 39.7. The third-order valence-corrected chi connectivity index (χ3v) is 5.11. The first-order valence-corrected chi connectivity index (χ1v) is 8.34. The predicted molar refractivity (Wildman–Crippen MR) is 89.6 cm³/mol. The molecule has 8 heteroatoms. The number of aromatic nitrogens is 2. The predicted octanol–water partition coefficient (Wildman–Crippen LogP) is 2.94. The molecular formula is C18H16F3N5. The van der Waals surface area contributed by atoms with Crippen molar-refractivity contribution in [1.29, 1.82) is 5.26 Å². The highest BCUT2D eigenvalue weighted by atomic mass is 19.4. The Balaban J connectivity index is 1.48. The van der Waals surface area contributed by atoms with Gasteiger partial charge in [-0.25, -0.2) is 9.97 Å². The van der Waals surface area contributed by atoms with Crippen LogP contribution in [-0.2, 0) is 6.18 Å². The van der Waals surface area contributed by atoms with Crippen LogP contribution < -0.4 is 9.80 Å². The van der Waals surface area contributed by atoms with Crippen LogP contribution in [0.4, 0.5) is 24.7 Å². The summed E-state index contributed by atoms with van der Waals surface area (Å²) in [5.41, 5.74) is 0.640. The summed E-state index contributed by atoms with van der Waals surface area (Å²) in [5, 5.41) is 8.82. The molecule has 0 saturated carbocycles.